The van der Waals surface area contributed by atoms with E-state index in [2.05, 4.69) is 38.4 Å². The van der Waals surface area contributed by atoms with Crippen LogP contribution in [0.25, 0.3) is 0 Å². The largest absolute Gasteiger partial charge is 0.312 e. The van der Waals surface area contributed by atoms with Crippen molar-refractivity contribution in [2.24, 2.45) is 5.92 Å². The van der Waals surface area contributed by atoms with Gasteiger partial charge in [-0.05, 0) is 31.0 Å². The summed E-state index contributed by atoms with van der Waals surface area (Å²) in [6.07, 6.45) is 4.76. The van der Waals surface area contributed by atoms with Crippen LogP contribution in [0.1, 0.15) is 37.6 Å². The molecule has 0 spiro atoms. The zero-order valence-corrected chi connectivity index (χ0v) is 17.0. The van der Waals surface area contributed by atoms with E-state index < -0.39 is 5.92 Å². The van der Waals surface area contributed by atoms with E-state index in [9.17, 15) is 9.59 Å². The molecule has 8 heteroatoms. The number of hydrogen-bond donors (Lipinski definition) is 1. The molecule has 0 radical (unpaired) electrons. The molecule has 1 aliphatic heterocycles. The molecule has 1 saturated heterocycles. The highest BCUT2D eigenvalue weighted by Gasteiger charge is 2.38. The maximum Gasteiger partial charge on any atom is 0.239 e. The van der Waals surface area contributed by atoms with E-state index in [4.69, 9.17) is 0 Å². The van der Waals surface area contributed by atoms with E-state index in [1.165, 1.54) is 11.3 Å². The van der Waals surface area contributed by atoms with Gasteiger partial charge in [0.15, 0.2) is 0 Å². The summed E-state index contributed by atoms with van der Waals surface area (Å²) in [6, 6.07) is 7.53. The van der Waals surface area contributed by atoms with Crippen molar-refractivity contribution >= 4 is 49.9 Å². The highest BCUT2D eigenvalue weighted by Crippen LogP contribution is 2.28. The fourth-order valence-corrected chi connectivity index (χ4v) is 4.12. The van der Waals surface area contributed by atoms with E-state index in [0.717, 1.165) is 40.9 Å². The van der Waals surface area contributed by atoms with Gasteiger partial charge in [0.25, 0.3) is 0 Å². The molecule has 1 aromatic heterocycles. The molecule has 2 amide bonds. The second kappa shape index (κ2) is 8.73. The van der Waals surface area contributed by atoms with Crippen molar-refractivity contribution in [2.45, 2.75) is 39.0 Å². The van der Waals surface area contributed by atoms with Crippen LogP contribution in [0.5, 0.6) is 0 Å². The van der Waals surface area contributed by atoms with Crippen LogP contribution in [-0.4, -0.2) is 28.6 Å². The Morgan fingerprint density at radius 3 is 3.00 bits per heavy atom. The highest BCUT2D eigenvalue weighted by atomic mass is 79.9. The Hall–Kier alpha value is -1.80. The molecule has 0 aliphatic carbocycles. The summed E-state index contributed by atoms with van der Waals surface area (Å²) in [5.41, 5.74) is 0.800. The average molecular weight is 437 g/mol. The Bertz CT molecular complexity index is 795. The van der Waals surface area contributed by atoms with E-state index in [0.29, 0.717) is 18.1 Å². The fourth-order valence-electron chi connectivity index (χ4n) is 2.95. The summed E-state index contributed by atoms with van der Waals surface area (Å²) in [5, 5.41) is 12.3. The number of unbranched alkanes of at least 4 members (excludes halogenated alkanes) is 2. The summed E-state index contributed by atoms with van der Waals surface area (Å²) in [5.74, 6) is -1.15. The first-order chi connectivity index (χ1) is 12.6. The Kier molecular flexibility index (Phi) is 6.37. The normalized spacial score (nSPS) is 16.9. The number of benzene rings is 1. The topological polar surface area (TPSA) is 75.2 Å². The molecule has 2 heterocycles. The Morgan fingerprint density at radius 1 is 1.38 bits per heavy atom. The molecule has 1 atom stereocenters. The molecule has 1 aromatic carbocycles. The van der Waals surface area contributed by atoms with Crippen LogP contribution >= 0.6 is 27.3 Å². The summed E-state index contributed by atoms with van der Waals surface area (Å²) in [7, 11) is 0. The molecule has 138 valence electrons. The van der Waals surface area contributed by atoms with Gasteiger partial charge in [-0.15, -0.1) is 10.2 Å². The second-order valence-electron chi connectivity index (χ2n) is 6.26. The Morgan fingerprint density at radius 2 is 2.23 bits per heavy atom. The first-order valence-electron chi connectivity index (χ1n) is 8.78. The number of carbonyl (C=O) groups is 2. The average Bonchev–Trinajstić information content (AvgIpc) is 3.21. The second-order valence-corrected chi connectivity index (χ2v) is 8.24. The van der Waals surface area contributed by atoms with Gasteiger partial charge in [-0.25, -0.2) is 0 Å². The van der Waals surface area contributed by atoms with Crippen molar-refractivity contribution in [3.05, 3.63) is 33.7 Å². The number of rotatable bonds is 7. The molecule has 1 N–H and O–H groups in total. The third-order valence-electron chi connectivity index (χ3n) is 4.33. The molecule has 3 rings (SSSR count). The molecular weight excluding hydrogens is 416 g/mol. The van der Waals surface area contributed by atoms with Crippen LogP contribution < -0.4 is 10.2 Å². The summed E-state index contributed by atoms with van der Waals surface area (Å²) in [4.78, 5) is 26.8. The minimum atomic E-state index is -0.679. The quantitative estimate of drug-likeness (QED) is 0.525. The van der Waals surface area contributed by atoms with Gasteiger partial charge in [0.2, 0.25) is 16.9 Å². The van der Waals surface area contributed by atoms with E-state index in [1.54, 1.807) is 4.90 Å². The van der Waals surface area contributed by atoms with Crippen molar-refractivity contribution in [2.75, 3.05) is 16.8 Å². The number of amides is 2. The smallest absolute Gasteiger partial charge is 0.239 e. The zero-order valence-electron chi connectivity index (χ0n) is 14.6. The van der Waals surface area contributed by atoms with Gasteiger partial charge in [0.05, 0.1) is 0 Å². The molecule has 6 nitrogen and oxygen atoms in total. The number of hydrogen-bond acceptors (Lipinski definition) is 5. The first kappa shape index (κ1) is 19.0. The Balaban J connectivity index is 1.59. The Labute approximate surface area is 165 Å². The van der Waals surface area contributed by atoms with E-state index >= 15 is 0 Å². The van der Waals surface area contributed by atoms with Crippen LogP contribution in [0.3, 0.4) is 0 Å². The highest BCUT2D eigenvalue weighted by molar-refractivity contribution is 9.10. The molecule has 1 fully saturated rings. The van der Waals surface area contributed by atoms with Gasteiger partial charge in [-0.1, -0.05) is 53.1 Å². The summed E-state index contributed by atoms with van der Waals surface area (Å²) in [6.45, 7) is 2.69. The molecule has 2 aromatic rings. The van der Waals surface area contributed by atoms with Crippen LogP contribution in [0, 0.1) is 5.92 Å². The minimum absolute atomic E-state index is 0.173. The molecule has 1 unspecified atom stereocenters. The van der Waals surface area contributed by atoms with Crippen LogP contribution in [0.2, 0.25) is 0 Å². The lowest BCUT2D eigenvalue weighted by Crippen LogP contribution is -2.33. The molecule has 0 saturated carbocycles. The number of aromatic nitrogens is 2. The van der Waals surface area contributed by atoms with Gasteiger partial charge in [0, 0.05) is 23.1 Å². The van der Waals surface area contributed by atoms with Gasteiger partial charge >= 0.3 is 0 Å². The number of aryl methyl sites for hydroxylation is 1. The van der Waals surface area contributed by atoms with Crippen LogP contribution in [-0.2, 0) is 16.0 Å². The number of anilines is 2. The van der Waals surface area contributed by atoms with Crippen molar-refractivity contribution in [1.29, 1.82) is 0 Å². The van der Waals surface area contributed by atoms with Crippen LogP contribution in [0.15, 0.2) is 28.7 Å². The van der Waals surface area contributed by atoms with Gasteiger partial charge in [0.1, 0.15) is 10.9 Å². The lowest BCUT2D eigenvalue weighted by molar-refractivity contribution is -0.129. The minimum Gasteiger partial charge on any atom is -0.312 e. The lowest BCUT2D eigenvalue weighted by atomic mass is 10.1. The van der Waals surface area contributed by atoms with Crippen molar-refractivity contribution in [1.82, 2.24) is 10.2 Å². The lowest BCUT2D eigenvalue weighted by Gasteiger charge is -2.16. The molecule has 0 bridgehead atoms. The SMILES string of the molecule is CCCCCc1nnc(NC(=O)C2CCN(c3cccc(Br)c3)C2=O)s1. The first-order valence-corrected chi connectivity index (χ1v) is 10.4. The maximum atomic E-state index is 12.6. The number of halogens is 1. The number of nitrogens with one attached hydrogen (secondary N) is 1. The monoisotopic (exact) mass is 436 g/mol. The predicted molar refractivity (Wildman–Crippen MR) is 106 cm³/mol. The summed E-state index contributed by atoms with van der Waals surface area (Å²) < 4.78 is 0.903. The fraction of sp³-hybridized carbons (Fsp3) is 0.444. The molecular formula is C18H21BrN4O2S. The maximum absolute atomic E-state index is 12.6. The van der Waals surface area contributed by atoms with Crippen molar-refractivity contribution < 1.29 is 9.59 Å². The standard InChI is InChI=1S/C18H21BrN4O2S/c1-2-3-4-8-15-21-22-18(26-15)20-16(24)14-9-10-23(17(14)25)13-7-5-6-12(19)11-13/h5-7,11,14H,2-4,8-10H2,1H3,(H,20,22,24). The van der Waals surface area contributed by atoms with E-state index in [-0.39, 0.29) is 11.8 Å². The summed E-state index contributed by atoms with van der Waals surface area (Å²) >= 11 is 4.80. The number of nitrogens with zero attached hydrogens (tertiary/aromatic N) is 3. The number of carbonyl (C=O) groups excluding carboxylic acids is 2. The van der Waals surface area contributed by atoms with Gasteiger partial charge < -0.3 is 4.90 Å². The van der Waals surface area contributed by atoms with Crippen LogP contribution in [0.4, 0.5) is 10.8 Å². The van der Waals surface area contributed by atoms with Gasteiger partial charge in [-0.2, -0.15) is 0 Å². The van der Waals surface area contributed by atoms with E-state index in [1.807, 2.05) is 24.3 Å². The molecule has 1 aliphatic rings. The van der Waals surface area contributed by atoms with Crippen molar-refractivity contribution in [3.8, 4) is 0 Å². The zero-order chi connectivity index (χ0) is 18.5. The predicted octanol–water partition coefficient (Wildman–Crippen LogP) is 4.02. The third-order valence-corrected chi connectivity index (χ3v) is 5.72. The van der Waals surface area contributed by atoms with Gasteiger partial charge in [-0.3, -0.25) is 14.9 Å². The third kappa shape index (κ3) is 4.48. The van der Waals surface area contributed by atoms with Crippen molar-refractivity contribution in [3.63, 3.8) is 0 Å². The molecule has 26 heavy (non-hydrogen) atoms.